The molecule has 11 nitrogen and oxygen atoms in total. The first-order chi connectivity index (χ1) is 20.2. The summed E-state index contributed by atoms with van der Waals surface area (Å²) >= 11 is 0. The zero-order valence-electron chi connectivity index (χ0n) is 25.8. The number of urea groups is 1. The Balaban J connectivity index is 2.22. The van der Waals surface area contributed by atoms with Crippen molar-refractivity contribution in [1.29, 1.82) is 0 Å². The van der Waals surface area contributed by atoms with Crippen molar-refractivity contribution in [3.63, 3.8) is 0 Å². The molecule has 236 valence electrons. The van der Waals surface area contributed by atoms with Crippen LogP contribution in [-0.2, 0) is 27.4 Å². The fourth-order valence-corrected chi connectivity index (χ4v) is 4.19. The minimum Gasteiger partial charge on any atom is -0.445 e. The zero-order valence-corrected chi connectivity index (χ0v) is 25.8. The minimum absolute atomic E-state index is 0.0320. The summed E-state index contributed by atoms with van der Waals surface area (Å²) in [7, 11) is 0. The second-order valence-electron chi connectivity index (χ2n) is 12.1. The van der Waals surface area contributed by atoms with E-state index in [4.69, 9.17) is 10.5 Å². The molecule has 5 amide bonds. The summed E-state index contributed by atoms with van der Waals surface area (Å²) < 4.78 is 5.22. The number of carbonyl (C=O) groups excluding carboxylic acids is 4. The number of aliphatic hydroxyl groups excluding tert-OH is 1. The number of hydrogen-bond acceptors (Lipinski definition) is 6. The number of primary amides is 1. The Kier molecular flexibility index (Phi) is 14.0. The molecule has 0 aliphatic rings. The largest absolute Gasteiger partial charge is 0.445 e. The molecule has 0 radical (unpaired) electrons. The van der Waals surface area contributed by atoms with Crippen LogP contribution in [0.25, 0.3) is 0 Å². The molecule has 2 aromatic rings. The highest BCUT2D eigenvalue weighted by Gasteiger charge is 2.31. The van der Waals surface area contributed by atoms with Gasteiger partial charge in [0, 0.05) is 12.1 Å². The lowest BCUT2D eigenvalue weighted by Crippen LogP contribution is -2.57. The summed E-state index contributed by atoms with van der Waals surface area (Å²) in [6.45, 7) is 10.0. The summed E-state index contributed by atoms with van der Waals surface area (Å²) in [5, 5.41) is 19.6. The third kappa shape index (κ3) is 14.1. The molecule has 0 fully saturated rings. The van der Waals surface area contributed by atoms with Gasteiger partial charge >= 0.3 is 12.1 Å². The Morgan fingerprint density at radius 3 is 2.05 bits per heavy atom. The van der Waals surface area contributed by atoms with Gasteiger partial charge in [0.1, 0.15) is 12.6 Å². The first-order valence-electron chi connectivity index (χ1n) is 14.6. The molecule has 43 heavy (non-hydrogen) atoms. The molecule has 2 aromatic carbocycles. The van der Waals surface area contributed by atoms with Crippen LogP contribution >= 0.6 is 0 Å². The molecule has 3 atom stereocenters. The SMILES string of the molecule is CC(C)CCN(C[C@H](O)[C@H](Cc1ccccc1)NC(=O)[C@H](CC(N)=O)NC(=O)OCc1ccccc1)C(=O)NC(C)(C)C. The first-order valence-corrected chi connectivity index (χ1v) is 14.6. The Morgan fingerprint density at radius 1 is 0.930 bits per heavy atom. The molecule has 11 heteroatoms. The predicted octanol–water partition coefficient (Wildman–Crippen LogP) is 3.10. The van der Waals surface area contributed by atoms with E-state index in [-0.39, 0.29) is 25.6 Å². The number of amides is 5. The van der Waals surface area contributed by atoms with E-state index in [0.29, 0.717) is 12.5 Å². The number of ether oxygens (including phenoxy) is 1. The molecule has 0 bridgehead atoms. The number of nitrogens with one attached hydrogen (secondary N) is 3. The Morgan fingerprint density at radius 2 is 1.51 bits per heavy atom. The number of aliphatic hydroxyl groups is 1. The van der Waals surface area contributed by atoms with Gasteiger partial charge in [0.2, 0.25) is 11.8 Å². The Labute approximate surface area is 254 Å². The molecule has 2 rings (SSSR count). The van der Waals surface area contributed by atoms with Gasteiger partial charge in [-0.05, 0) is 50.7 Å². The van der Waals surface area contributed by atoms with Crippen LogP contribution in [0.4, 0.5) is 9.59 Å². The molecule has 0 aliphatic carbocycles. The van der Waals surface area contributed by atoms with Crippen molar-refractivity contribution in [2.75, 3.05) is 13.1 Å². The van der Waals surface area contributed by atoms with Crippen molar-refractivity contribution in [1.82, 2.24) is 20.9 Å². The highest BCUT2D eigenvalue weighted by Crippen LogP contribution is 2.12. The second kappa shape index (κ2) is 17.1. The maximum Gasteiger partial charge on any atom is 0.408 e. The number of alkyl carbamates (subject to hydrolysis) is 1. The molecule has 0 heterocycles. The van der Waals surface area contributed by atoms with E-state index in [9.17, 15) is 24.3 Å². The molecule has 0 aromatic heterocycles. The summed E-state index contributed by atoms with van der Waals surface area (Å²) in [6.07, 6.45) is -1.61. The third-order valence-electron chi connectivity index (χ3n) is 6.47. The number of rotatable bonds is 15. The van der Waals surface area contributed by atoms with Gasteiger partial charge in [-0.25, -0.2) is 9.59 Å². The number of nitrogens with zero attached hydrogens (tertiary/aromatic N) is 1. The molecule has 0 spiro atoms. The Hall–Kier alpha value is -4.12. The van der Waals surface area contributed by atoms with E-state index < -0.39 is 48.1 Å². The van der Waals surface area contributed by atoms with Crippen LogP contribution in [0.1, 0.15) is 58.6 Å². The van der Waals surface area contributed by atoms with Gasteiger partial charge in [0.05, 0.1) is 25.1 Å². The molecular weight excluding hydrogens is 550 g/mol. The van der Waals surface area contributed by atoms with Crippen molar-refractivity contribution >= 4 is 23.9 Å². The lowest BCUT2D eigenvalue weighted by atomic mass is 9.99. The van der Waals surface area contributed by atoms with Crippen LogP contribution in [-0.4, -0.2) is 70.8 Å². The van der Waals surface area contributed by atoms with Crippen molar-refractivity contribution in [2.45, 2.75) is 84.2 Å². The van der Waals surface area contributed by atoms with Crippen LogP contribution in [0.5, 0.6) is 0 Å². The van der Waals surface area contributed by atoms with Crippen LogP contribution < -0.4 is 21.7 Å². The topological polar surface area (TPSA) is 163 Å². The van der Waals surface area contributed by atoms with Crippen LogP contribution in [0.15, 0.2) is 60.7 Å². The summed E-state index contributed by atoms with van der Waals surface area (Å²) in [4.78, 5) is 52.4. The Bertz CT molecular complexity index is 1170. The average molecular weight is 598 g/mol. The van der Waals surface area contributed by atoms with Crippen LogP contribution in [0.2, 0.25) is 0 Å². The van der Waals surface area contributed by atoms with Gasteiger partial charge in [-0.3, -0.25) is 9.59 Å². The molecule has 0 aliphatic heterocycles. The highest BCUT2D eigenvalue weighted by atomic mass is 16.5. The van der Waals surface area contributed by atoms with Crippen molar-refractivity contribution in [3.05, 3.63) is 71.8 Å². The fraction of sp³-hybridized carbons (Fsp3) is 0.500. The molecular formula is C32H47N5O6. The fourth-order valence-electron chi connectivity index (χ4n) is 4.19. The van der Waals surface area contributed by atoms with Gasteiger partial charge in [0.25, 0.3) is 0 Å². The third-order valence-corrected chi connectivity index (χ3v) is 6.47. The quantitative estimate of drug-likeness (QED) is 0.212. The van der Waals surface area contributed by atoms with Crippen molar-refractivity contribution in [3.8, 4) is 0 Å². The minimum atomic E-state index is -1.34. The summed E-state index contributed by atoms with van der Waals surface area (Å²) in [6, 6.07) is 15.7. The maximum absolute atomic E-state index is 13.4. The van der Waals surface area contributed by atoms with Crippen molar-refractivity contribution < 1.29 is 29.0 Å². The normalized spacial score (nSPS) is 13.4. The van der Waals surface area contributed by atoms with E-state index >= 15 is 0 Å². The number of hydrogen-bond donors (Lipinski definition) is 5. The van der Waals surface area contributed by atoms with Gasteiger partial charge in [-0.2, -0.15) is 0 Å². The highest BCUT2D eigenvalue weighted by molar-refractivity contribution is 5.90. The van der Waals surface area contributed by atoms with Gasteiger partial charge in [-0.1, -0.05) is 74.5 Å². The predicted molar refractivity (Wildman–Crippen MR) is 165 cm³/mol. The molecule has 0 unspecified atom stereocenters. The van der Waals surface area contributed by atoms with Crippen LogP contribution in [0.3, 0.4) is 0 Å². The monoisotopic (exact) mass is 597 g/mol. The second-order valence-corrected chi connectivity index (χ2v) is 12.1. The average Bonchev–Trinajstić information content (AvgIpc) is 2.93. The molecule has 0 saturated carbocycles. The maximum atomic E-state index is 13.4. The lowest BCUT2D eigenvalue weighted by molar-refractivity contribution is -0.128. The number of nitrogens with two attached hydrogens (primary N) is 1. The van der Waals surface area contributed by atoms with Gasteiger partial charge < -0.3 is 36.4 Å². The van der Waals surface area contributed by atoms with E-state index in [0.717, 1.165) is 17.5 Å². The zero-order chi connectivity index (χ0) is 32.0. The smallest absolute Gasteiger partial charge is 0.408 e. The van der Waals surface area contributed by atoms with Crippen molar-refractivity contribution in [2.24, 2.45) is 11.7 Å². The molecule has 0 saturated heterocycles. The van der Waals surface area contributed by atoms with Gasteiger partial charge in [0.15, 0.2) is 0 Å². The summed E-state index contributed by atoms with van der Waals surface area (Å²) in [5.41, 5.74) is 6.48. The first kappa shape index (κ1) is 35.1. The van der Waals surface area contributed by atoms with E-state index in [2.05, 4.69) is 16.0 Å². The summed E-state index contributed by atoms with van der Waals surface area (Å²) in [5.74, 6) is -1.20. The van der Waals surface area contributed by atoms with Crippen LogP contribution in [0, 0.1) is 5.92 Å². The van der Waals surface area contributed by atoms with Gasteiger partial charge in [-0.15, -0.1) is 0 Å². The standard InChI is InChI=1S/C32H47N5O6/c1-22(2)16-17-37(30(41)36-32(3,4)5)20-27(38)25(18-23-12-8-6-9-13-23)34-29(40)26(19-28(33)39)35-31(42)43-21-24-14-10-7-11-15-24/h6-15,22,25-27,38H,16-21H2,1-5H3,(H2,33,39)(H,34,40)(H,35,42)(H,36,41)/t25-,26-,27-/m0/s1. The lowest BCUT2D eigenvalue weighted by Gasteiger charge is -2.33. The number of benzene rings is 2. The van der Waals surface area contributed by atoms with E-state index in [1.165, 1.54) is 0 Å². The van der Waals surface area contributed by atoms with E-state index in [1.807, 2.05) is 71.0 Å². The molecule has 6 N–H and O–H groups in total. The van der Waals surface area contributed by atoms with E-state index in [1.54, 1.807) is 29.2 Å². The number of carbonyl (C=O) groups is 4.